The lowest BCUT2D eigenvalue weighted by atomic mass is 10.1. The van der Waals surface area contributed by atoms with Crippen molar-refractivity contribution in [2.45, 2.75) is 26.4 Å². The van der Waals surface area contributed by atoms with Crippen molar-refractivity contribution in [1.82, 2.24) is 20.0 Å². The molecular formula is C14H25N5O2. The minimum Gasteiger partial charge on any atom is -0.373 e. The van der Waals surface area contributed by atoms with E-state index in [4.69, 9.17) is 4.74 Å². The Morgan fingerprint density at radius 3 is 2.90 bits per heavy atom. The molecule has 0 radical (unpaired) electrons. The van der Waals surface area contributed by atoms with Crippen molar-refractivity contribution < 1.29 is 9.53 Å². The topological polar surface area (TPSA) is 71.4 Å². The van der Waals surface area contributed by atoms with Gasteiger partial charge in [0.25, 0.3) is 0 Å². The smallest absolute Gasteiger partial charge is 0.320 e. The first-order valence-corrected chi connectivity index (χ1v) is 7.27. The Kier molecular flexibility index (Phi) is 4.84. The molecule has 0 unspecified atom stereocenters. The van der Waals surface area contributed by atoms with E-state index in [1.54, 1.807) is 4.68 Å². The molecule has 118 valence electrons. The summed E-state index contributed by atoms with van der Waals surface area (Å²) < 4.78 is 7.39. The van der Waals surface area contributed by atoms with E-state index in [1.165, 1.54) is 0 Å². The highest BCUT2D eigenvalue weighted by molar-refractivity contribution is 5.88. The second-order valence-corrected chi connectivity index (χ2v) is 6.06. The Balaban J connectivity index is 1.69. The number of anilines is 1. The summed E-state index contributed by atoms with van der Waals surface area (Å²) >= 11 is 0. The average Bonchev–Trinajstić information content (AvgIpc) is 2.67. The second kappa shape index (κ2) is 6.44. The predicted octanol–water partition coefficient (Wildman–Crippen LogP) is 0.961. The quantitative estimate of drug-likeness (QED) is 0.868. The van der Waals surface area contributed by atoms with Gasteiger partial charge in [0.15, 0.2) is 5.82 Å². The van der Waals surface area contributed by atoms with Crippen LogP contribution in [0.3, 0.4) is 0 Å². The molecule has 7 heteroatoms. The summed E-state index contributed by atoms with van der Waals surface area (Å²) in [5, 5.41) is 9.77. The van der Waals surface area contributed by atoms with E-state index in [-0.39, 0.29) is 11.6 Å². The molecule has 1 aromatic rings. The molecule has 0 spiro atoms. The fourth-order valence-electron chi connectivity index (χ4n) is 2.41. The average molecular weight is 295 g/mol. The highest BCUT2D eigenvalue weighted by Gasteiger charge is 2.26. The van der Waals surface area contributed by atoms with Crippen LogP contribution in [0.15, 0.2) is 6.07 Å². The lowest BCUT2D eigenvalue weighted by molar-refractivity contribution is -0.0852. The maximum Gasteiger partial charge on any atom is 0.320 e. The van der Waals surface area contributed by atoms with Crippen LogP contribution in [0.1, 0.15) is 19.5 Å². The summed E-state index contributed by atoms with van der Waals surface area (Å²) in [6.07, 6.45) is 0. The summed E-state index contributed by atoms with van der Waals surface area (Å²) in [6, 6.07) is 1.62. The monoisotopic (exact) mass is 295 g/mol. The van der Waals surface area contributed by atoms with Crippen molar-refractivity contribution in [3.8, 4) is 0 Å². The number of morpholine rings is 1. The van der Waals surface area contributed by atoms with E-state index >= 15 is 0 Å². The molecule has 0 aliphatic carbocycles. The highest BCUT2D eigenvalue weighted by atomic mass is 16.5. The van der Waals surface area contributed by atoms with Crippen LogP contribution in [0.5, 0.6) is 0 Å². The van der Waals surface area contributed by atoms with Crippen LogP contribution in [-0.4, -0.2) is 59.1 Å². The van der Waals surface area contributed by atoms with E-state index in [0.717, 1.165) is 31.9 Å². The summed E-state index contributed by atoms with van der Waals surface area (Å²) in [5.41, 5.74) is 0.896. The first-order chi connectivity index (χ1) is 9.85. The van der Waals surface area contributed by atoms with Crippen LogP contribution in [-0.2, 0) is 11.8 Å². The van der Waals surface area contributed by atoms with Gasteiger partial charge in [0.1, 0.15) is 0 Å². The van der Waals surface area contributed by atoms with Gasteiger partial charge in [-0.25, -0.2) is 4.79 Å². The third kappa shape index (κ3) is 4.71. The molecular weight excluding hydrogens is 270 g/mol. The van der Waals surface area contributed by atoms with Crippen molar-refractivity contribution in [2.75, 3.05) is 38.1 Å². The van der Waals surface area contributed by atoms with Crippen LogP contribution < -0.4 is 10.6 Å². The molecule has 7 nitrogen and oxygen atoms in total. The Bertz CT molecular complexity index is 478. The maximum absolute atomic E-state index is 11.8. The molecule has 0 bridgehead atoms. The van der Waals surface area contributed by atoms with Crippen LogP contribution >= 0.6 is 0 Å². The summed E-state index contributed by atoms with van der Waals surface area (Å²) in [5.74, 6) is 0.569. The fraction of sp³-hybridized carbons (Fsp3) is 0.714. The number of urea groups is 1. The minimum absolute atomic E-state index is 0.105. The predicted molar refractivity (Wildman–Crippen MR) is 81.4 cm³/mol. The summed E-state index contributed by atoms with van der Waals surface area (Å²) in [4.78, 5) is 14.1. The van der Waals surface area contributed by atoms with E-state index < -0.39 is 0 Å². The van der Waals surface area contributed by atoms with E-state index in [0.29, 0.717) is 12.4 Å². The van der Waals surface area contributed by atoms with E-state index in [2.05, 4.69) is 34.5 Å². The molecule has 1 saturated heterocycles. The SMILES string of the molecule is Cc1cc(NC(=O)NCCN2CCOC(C)(C)C2)nn1C. The summed E-state index contributed by atoms with van der Waals surface area (Å²) in [7, 11) is 1.85. The number of ether oxygens (including phenoxy) is 1. The number of aromatic nitrogens is 2. The Labute approximate surface area is 125 Å². The molecule has 2 rings (SSSR count). The van der Waals surface area contributed by atoms with Crippen LogP contribution in [0.2, 0.25) is 0 Å². The number of hydrogen-bond acceptors (Lipinski definition) is 4. The van der Waals surface area contributed by atoms with Crippen molar-refractivity contribution in [3.63, 3.8) is 0 Å². The largest absolute Gasteiger partial charge is 0.373 e. The van der Waals surface area contributed by atoms with Gasteiger partial charge in [0.2, 0.25) is 0 Å². The zero-order valence-corrected chi connectivity index (χ0v) is 13.3. The van der Waals surface area contributed by atoms with Gasteiger partial charge < -0.3 is 10.1 Å². The van der Waals surface area contributed by atoms with Crippen LogP contribution in [0.25, 0.3) is 0 Å². The molecule has 2 N–H and O–H groups in total. The Morgan fingerprint density at radius 2 is 2.29 bits per heavy atom. The molecule has 0 aromatic carbocycles. The lowest BCUT2D eigenvalue weighted by Crippen LogP contribution is -2.50. The molecule has 2 amide bonds. The van der Waals surface area contributed by atoms with Crippen molar-refractivity contribution in [2.24, 2.45) is 7.05 Å². The van der Waals surface area contributed by atoms with E-state index in [9.17, 15) is 4.79 Å². The number of nitrogens with zero attached hydrogens (tertiary/aromatic N) is 3. The molecule has 1 aliphatic heterocycles. The third-order valence-electron chi connectivity index (χ3n) is 3.57. The molecule has 1 aromatic heterocycles. The minimum atomic E-state index is -0.222. The zero-order chi connectivity index (χ0) is 15.5. The molecule has 2 heterocycles. The third-order valence-corrected chi connectivity index (χ3v) is 3.57. The highest BCUT2D eigenvalue weighted by Crippen LogP contribution is 2.15. The first kappa shape index (κ1) is 15.8. The van der Waals surface area contributed by atoms with E-state index in [1.807, 2.05) is 20.0 Å². The number of carbonyl (C=O) groups is 1. The van der Waals surface area contributed by atoms with Crippen molar-refractivity contribution in [3.05, 3.63) is 11.8 Å². The van der Waals surface area contributed by atoms with Crippen molar-refractivity contribution in [1.29, 1.82) is 0 Å². The summed E-state index contributed by atoms with van der Waals surface area (Å²) in [6.45, 7) is 10.1. The van der Waals surface area contributed by atoms with Crippen LogP contribution in [0, 0.1) is 6.92 Å². The molecule has 1 aliphatic rings. The standard InChI is InChI=1S/C14H25N5O2/c1-11-9-12(17-18(11)4)16-13(20)15-5-6-19-7-8-21-14(2,3)10-19/h9H,5-8,10H2,1-4H3,(H2,15,16,17,20). The van der Waals surface area contributed by atoms with Gasteiger partial charge >= 0.3 is 6.03 Å². The normalized spacial score (nSPS) is 18.5. The first-order valence-electron chi connectivity index (χ1n) is 7.27. The van der Waals surface area contributed by atoms with Gasteiger partial charge in [-0.2, -0.15) is 5.10 Å². The number of hydrogen-bond donors (Lipinski definition) is 2. The molecule has 0 atom stereocenters. The van der Waals surface area contributed by atoms with Crippen molar-refractivity contribution >= 4 is 11.8 Å². The van der Waals surface area contributed by atoms with Crippen LogP contribution in [0.4, 0.5) is 10.6 Å². The maximum atomic E-state index is 11.8. The lowest BCUT2D eigenvalue weighted by Gasteiger charge is -2.38. The second-order valence-electron chi connectivity index (χ2n) is 6.06. The number of rotatable bonds is 4. The number of amides is 2. The number of nitrogens with one attached hydrogen (secondary N) is 2. The molecule has 1 fully saturated rings. The number of carbonyl (C=O) groups excluding carboxylic acids is 1. The number of aryl methyl sites for hydroxylation is 2. The Hall–Kier alpha value is -1.60. The van der Waals surface area contributed by atoms with Gasteiger partial charge in [-0.15, -0.1) is 0 Å². The fourth-order valence-corrected chi connectivity index (χ4v) is 2.41. The van der Waals surface area contributed by atoms with Gasteiger partial charge in [0.05, 0.1) is 12.2 Å². The van der Waals surface area contributed by atoms with Gasteiger partial charge in [0, 0.05) is 45.0 Å². The molecule has 0 saturated carbocycles. The zero-order valence-electron chi connectivity index (χ0n) is 13.3. The Morgan fingerprint density at radius 1 is 1.52 bits per heavy atom. The van der Waals surface area contributed by atoms with Gasteiger partial charge in [-0.05, 0) is 20.8 Å². The molecule has 21 heavy (non-hydrogen) atoms. The van der Waals surface area contributed by atoms with Gasteiger partial charge in [-0.1, -0.05) is 0 Å². The van der Waals surface area contributed by atoms with Gasteiger partial charge in [-0.3, -0.25) is 14.9 Å².